The van der Waals surface area contributed by atoms with Crippen molar-refractivity contribution in [2.75, 3.05) is 7.11 Å². The molecule has 7 heteroatoms. The van der Waals surface area contributed by atoms with E-state index in [4.69, 9.17) is 4.74 Å². The first-order valence-corrected chi connectivity index (χ1v) is 9.79. The summed E-state index contributed by atoms with van der Waals surface area (Å²) in [4.78, 5) is 15.2. The molecule has 0 unspecified atom stereocenters. The highest BCUT2D eigenvalue weighted by molar-refractivity contribution is 5.95. The Morgan fingerprint density at radius 3 is 2.66 bits per heavy atom. The van der Waals surface area contributed by atoms with Crippen molar-refractivity contribution >= 4 is 5.91 Å². The second-order valence-corrected chi connectivity index (χ2v) is 7.57. The van der Waals surface area contributed by atoms with Crippen LogP contribution in [0.25, 0.3) is 11.4 Å². The van der Waals surface area contributed by atoms with Crippen LogP contribution in [-0.4, -0.2) is 44.8 Å². The number of halogens is 1. The summed E-state index contributed by atoms with van der Waals surface area (Å²) in [6.45, 7) is 0.646. The third-order valence-corrected chi connectivity index (χ3v) is 5.92. The molecule has 3 aromatic rings. The van der Waals surface area contributed by atoms with Crippen molar-refractivity contribution in [1.82, 2.24) is 19.7 Å². The van der Waals surface area contributed by atoms with Gasteiger partial charge >= 0.3 is 0 Å². The number of hydrogen-bond donors (Lipinski definition) is 0. The van der Waals surface area contributed by atoms with Crippen LogP contribution in [0.4, 0.5) is 4.39 Å². The Kier molecular flexibility index (Phi) is 4.30. The summed E-state index contributed by atoms with van der Waals surface area (Å²) in [5, 5.41) is 8.82. The van der Waals surface area contributed by atoms with E-state index in [0.29, 0.717) is 18.5 Å². The van der Waals surface area contributed by atoms with Gasteiger partial charge in [0.25, 0.3) is 5.91 Å². The minimum absolute atomic E-state index is 0.0392. The standard InChI is InChI=1S/C22H21FN4O2/c1-29-19-10-7-15(11-18(19)23)22(28)27-16-8-9-17(27)13-26-20(12-16)24-25-21(26)14-5-3-2-4-6-14/h2-7,10-11,16-17H,8-9,12-13H2,1H3/t16-,17+/m0/s1. The monoisotopic (exact) mass is 392 g/mol. The highest BCUT2D eigenvalue weighted by Gasteiger charge is 2.41. The van der Waals surface area contributed by atoms with Gasteiger partial charge in [0, 0.05) is 30.1 Å². The van der Waals surface area contributed by atoms with E-state index in [-0.39, 0.29) is 23.7 Å². The van der Waals surface area contributed by atoms with Gasteiger partial charge in [-0.3, -0.25) is 4.79 Å². The van der Waals surface area contributed by atoms with Crippen LogP contribution in [0, 0.1) is 5.82 Å². The number of carbonyl (C=O) groups excluding carboxylic acids is 1. The number of aromatic nitrogens is 3. The molecule has 0 spiro atoms. The molecule has 2 aromatic carbocycles. The number of fused-ring (bicyclic) bond motifs is 3. The molecule has 29 heavy (non-hydrogen) atoms. The number of nitrogens with zero attached hydrogens (tertiary/aromatic N) is 4. The zero-order valence-electron chi connectivity index (χ0n) is 16.1. The predicted octanol–water partition coefficient (Wildman–Crippen LogP) is 3.32. The molecule has 0 N–H and O–H groups in total. The van der Waals surface area contributed by atoms with E-state index in [9.17, 15) is 9.18 Å². The maximum Gasteiger partial charge on any atom is 0.254 e. The van der Waals surface area contributed by atoms with Crippen LogP contribution in [-0.2, 0) is 13.0 Å². The Morgan fingerprint density at radius 2 is 1.90 bits per heavy atom. The molecule has 148 valence electrons. The minimum Gasteiger partial charge on any atom is -0.494 e. The van der Waals surface area contributed by atoms with Gasteiger partial charge in [0.05, 0.1) is 13.2 Å². The molecule has 2 aliphatic rings. The highest BCUT2D eigenvalue weighted by atomic mass is 19.1. The zero-order valence-corrected chi connectivity index (χ0v) is 16.1. The Morgan fingerprint density at radius 1 is 1.10 bits per heavy atom. The Hall–Kier alpha value is -3.22. The van der Waals surface area contributed by atoms with Crippen LogP contribution < -0.4 is 4.74 Å². The van der Waals surface area contributed by atoms with Crippen molar-refractivity contribution in [2.45, 2.75) is 37.9 Å². The normalized spacial score (nSPS) is 20.3. The van der Waals surface area contributed by atoms with Crippen LogP contribution in [0.5, 0.6) is 5.75 Å². The Labute approximate surface area is 167 Å². The third-order valence-electron chi connectivity index (χ3n) is 5.92. The SMILES string of the molecule is COc1ccc(C(=O)N2[C@@H]3CC[C@H]2Cc2nnc(-c4ccccc4)n2C3)cc1F. The maximum absolute atomic E-state index is 14.2. The van der Waals surface area contributed by atoms with E-state index in [1.807, 2.05) is 35.2 Å². The number of carbonyl (C=O) groups is 1. The number of methoxy groups -OCH3 is 1. The van der Waals surface area contributed by atoms with Crippen molar-refractivity contribution in [1.29, 1.82) is 0 Å². The second-order valence-electron chi connectivity index (χ2n) is 7.57. The smallest absolute Gasteiger partial charge is 0.254 e. The largest absolute Gasteiger partial charge is 0.494 e. The topological polar surface area (TPSA) is 60.2 Å². The summed E-state index contributed by atoms with van der Waals surface area (Å²) in [5.74, 6) is 1.20. The van der Waals surface area contributed by atoms with Crippen molar-refractivity contribution in [2.24, 2.45) is 0 Å². The Balaban J connectivity index is 1.47. The summed E-state index contributed by atoms with van der Waals surface area (Å²) in [7, 11) is 1.41. The van der Waals surface area contributed by atoms with E-state index in [1.165, 1.54) is 19.2 Å². The molecule has 2 aliphatic heterocycles. The number of ether oxygens (including phenoxy) is 1. The summed E-state index contributed by atoms with van der Waals surface area (Å²) in [5.41, 5.74) is 1.36. The van der Waals surface area contributed by atoms with Crippen LogP contribution in [0.2, 0.25) is 0 Å². The van der Waals surface area contributed by atoms with Gasteiger partial charge in [0.2, 0.25) is 0 Å². The lowest BCUT2D eigenvalue weighted by molar-refractivity contribution is 0.0665. The third kappa shape index (κ3) is 2.97. The lowest BCUT2D eigenvalue weighted by Crippen LogP contribution is -2.42. The number of hydrogen-bond acceptors (Lipinski definition) is 4. The summed E-state index contributed by atoms with van der Waals surface area (Å²) >= 11 is 0. The van der Waals surface area contributed by atoms with Gasteiger partial charge in [-0.2, -0.15) is 0 Å². The van der Waals surface area contributed by atoms with Gasteiger partial charge in [-0.25, -0.2) is 4.39 Å². The first-order valence-electron chi connectivity index (χ1n) is 9.79. The summed E-state index contributed by atoms with van der Waals surface area (Å²) in [6.07, 6.45) is 2.49. The van der Waals surface area contributed by atoms with Crippen molar-refractivity contribution in [3.8, 4) is 17.1 Å². The van der Waals surface area contributed by atoms with Gasteiger partial charge < -0.3 is 14.2 Å². The molecule has 2 atom stereocenters. The Bertz CT molecular complexity index is 1070. The average Bonchev–Trinajstić information content (AvgIpc) is 3.27. The quantitative estimate of drug-likeness (QED) is 0.686. The first kappa shape index (κ1) is 17.8. The fourth-order valence-electron chi connectivity index (χ4n) is 4.52. The van der Waals surface area contributed by atoms with Gasteiger partial charge in [-0.1, -0.05) is 30.3 Å². The van der Waals surface area contributed by atoms with Crippen molar-refractivity contribution < 1.29 is 13.9 Å². The van der Waals surface area contributed by atoms with Crippen LogP contribution in [0.15, 0.2) is 48.5 Å². The van der Waals surface area contributed by atoms with Crippen LogP contribution in [0.3, 0.4) is 0 Å². The second kappa shape index (κ2) is 6.99. The van der Waals surface area contributed by atoms with E-state index >= 15 is 0 Å². The number of rotatable bonds is 3. The van der Waals surface area contributed by atoms with E-state index in [1.54, 1.807) is 6.07 Å². The molecule has 1 fully saturated rings. The van der Waals surface area contributed by atoms with Crippen LogP contribution >= 0.6 is 0 Å². The lowest BCUT2D eigenvalue weighted by atomic mass is 10.1. The molecule has 1 saturated heterocycles. The molecule has 6 nitrogen and oxygen atoms in total. The number of benzene rings is 2. The van der Waals surface area contributed by atoms with E-state index in [2.05, 4.69) is 14.8 Å². The van der Waals surface area contributed by atoms with Gasteiger partial charge in [-0.05, 0) is 31.0 Å². The molecular weight excluding hydrogens is 371 g/mol. The van der Waals surface area contributed by atoms with Gasteiger partial charge in [0.1, 0.15) is 5.82 Å². The molecule has 0 aliphatic carbocycles. The molecule has 3 heterocycles. The maximum atomic E-state index is 14.2. The summed E-state index contributed by atoms with van der Waals surface area (Å²) in [6, 6.07) is 14.5. The molecule has 0 radical (unpaired) electrons. The molecular formula is C22H21FN4O2. The van der Waals surface area contributed by atoms with Crippen molar-refractivity contribution in [3.05, 3.63) is 65.7 Å². The average molecular weight is 392 g/mol. The van der Waals surface area contributed by atoms with Gasteiger partial charge in [-0.15, -0.1) is 10.2 Å². The molecule has 0 saturated carbocycles. The summed E-state index contributed by atoms with van der Waals surface area (Å²) < 4.78 is 21.3. The lowest BCUT2D eigenvalue weighted by Gasteiger charge is -2.28. The first-order chi connectivity index (χ1) is 14.2. The molecule has 2 bridgehead atoms. The fraction of sp³-hybridized carbons (Fsp3) is 0.318. The molecule has 5 rings (SSSR count). The minimum atomic E-state index is -0.524. The molecule has 1 aromatic heterocycles. The van der Waals surface area contributed by atoms with Crippen LogP contribution in [0.1, 0.15) is 29.0 Å². The highest BCUT2D eigenvalue weighted by Crippen LogP contribution is 2.34. The number of amides is 1. The fourth-order valence-corrected chi connectivity index (χ4v) is 4.52. The van der Waals surface area contributed by atoms with E-state index in [0.717, 1.165) is 30.1 Å². The predicted molar refractivity (Wildman–Crippen MR) is 105 cm³/mol. The van der Waals surface area contributed by atoms with Gasteiger partial charge in [0.15, 0.2) is 17.4 Å². The molecule has 1 amide bonds. The zero-order chi connectivity index (χ0) is 20.0. The van der Waals surface area contributed by atoms with E-state index < -0.39 is 5.82 Å². The van der Waals surface area contributed by atoms with Crippen molar-refractivity contribution in [3.63, 3.8) is 0 Å².